The molecule has 1 aromatic rings. The smallest absolute Gasteiger partial charge is 0.178 e. The van der Waals surface area contributed by atoms with Crippen molar-refractivity contribution in [2.24, 2.45) is 0 Å². The second-order valence-corrected chi connectivity index (χ2v) is 6.64. The average Bonchev–Trinajstić information content (AvgIpc) is 2.29. The number of hydrogen-bond donors (Lipinski definition) is 1. The minimum atomic E-state index is -3.16. The summed E-state index contributed by atoms with van der Waals surface area (Å²) >= 11 is 0. The van der Waals surface area contributed by atoms with Gasteiger partial charge in [0, 0.05) is 6.04 Å². The van der Waals surface area contributed by atoms with Gasteiger partial charge in [0.05, 0.1) is 10.6 Å². The summed E-state index contributed by atoms with van der Waals surface area (Å²) in [5, 5.41) is 3.05. The molecule has 0 saturated carbocycles. The van der Waals surface area contributed by atoms with Gasteiger partial charge in [0.2, 0.25) is 0 Å². The van der Waals surface area contributed by atoms with Crippen LogP contribution in [0, 0.1) is 13.8 Å². The Balaban J connectivity index is 2.93. The summed E-state index contributed by atoms with van der Waals surface area (Å²) in [4.78, 5) is 0.473. The molecule has 0 aliphatic heterocycles. The molecule has 1 N–H and O–H groups in total. The zero-order valence-corrected chi connectivity index (χ0v) is 11.8. The Morgan fingerprint density at radius 1 is 1.29 bits per heavy atom. The molecule has 1 atom stereocenters. The Kier molecular flexibility index (Phi) is 4.71. The van der Waals surface area contributed by atoms with Gasteiger partial charge in [-0.2, -0.15) is 0 Å². The highest BCUT2D eigenvalue weighted by Gasteiger charge is 2.17. The molecule has 1 aromatic carbocycles. The van der Waals surface area contributed by atoms with Crippen LogP contribution in [0.25, 0.3) is 0 Å². The van der Waals surface area contributed by atoms with E-state index in [0.29, 0.717) is 11.3 Å². The summed E-state index contributed by atoms with van der Waals surface area (Å²) in [5.74, 6) is 0.194. The predicted molar refractivity (Wildman–Crippen MR) is 71.1 cm³/mol. The van der Waals surface area contributed by atoms with Crippen molar-refractivity contribution in [1.82, 2.24) is 5.32 Å². The van der Waals surface area contributed by atoms with E-state index in [-0.39, 0.29) is 11.8 Å². The van der Waals surface area contributed by atoms with E-state index < -0.39 is 9.84 Å². The first kappa shape index (κ1) is 14.2. The van der Waals surface area contributed by atoms with Crippen molar-refractivity contribution in [2.45, 2.75) is 38.1 Å². The molecule has 0 aliphatic carbocycles. The van der Waals surface area contributed by atoms with Gasteiger partial charge in [0.1, 0.15) is 0 Å². The second kappa shape index (κ2) is 5.65. The monoisotopic (exact) mass is 255 g/mol. The van der Waals surface area contributed by atoms with E-state index in [9.17, 15) is 8.42 Å². The zero-order valence-electron chi connectivity index (χ0n) is 10.9. The standard InChI is InChI=1S/C13H21NO2S/c1-10-5-6-11(2)13(9-10)17(15,16)8-7-12(3)14-4/h5-6,9,12,14H,7-8H2,1-4H3. The van der Waals surface area contributed by atoms with E-state index in [1.807, 2.05) is 40.0 Å². The van der Waals surface area contributed by atoms with E-state index >= 15 is 0 Å². The third-order valence-electron chi connectivity index (χ3n) is 2.99. The second-order valence-electron chi connectivity index (χ2n) is 4.57. The first-order chi connectivity index (χ1) is 7.86. The SMILES string of the molecule is CNC(C)CCS(=O)(=O)c1cc(C)ccc1C. The zero-order chi connectivity index (χ0) is 13.1. The topological polar surface area (TPSA) is 46.2 Å². The first-order valence-electron chi connectivity index (χ1n) is 5.84. The van der Waals surface area contributed by atoms with Crippen molar-refractivity contribution in [3.8, 4) is 0 Å². The van der Waals surface area contributed by atoms with Gasteiger partial charge in [-0.05, 0) is 51.4 Å². The summed E-state index contributed by atoms with van der Waals surface area (Å²) in [7, 11) is -1.32. The minimum absolute atomic E-state index is 0.194. The van der Waals surface area contributed by atoms with Crippen LogP contribution in [-0.4, -0.2) is 27.3 Å². The van der Waals surface area contributed by atoms with Gasteiger partial charge >= 0.3 is 0 Å². The van der Waals surface area contributed by atoms with Crippen molar-refractivity contribution in [3.63, 3.8) is 0 Å². The molecule has 0 heterocycles. The maximum absolute atomic E-state index is 12.2. The maximum atomic E-state index is 12.2. The van der Waals surface area contributed by atoms with Gasteiger partial charge in [-0.1, -0.05) is 12.1 Å². The fourth-order valence-electron chi connectivity index (χ4n) is 1.63. The third-order valence-corrected chi connectivity index (χ3v) is 4.87. The molecular formula is C13H21NO2S. The van der Waals surface area contributed by atoms with E-state index in [1.165, 1.54) is 0 Å². The lowest BCUT2D eigenvalue weighted by atomic mass is 10.2. The minimum Gasteiger partial charge on any atom is -0.317 e. The molecule has 4 heteroatoms. The summed E-state index contributed by atoms with van der Waals surface area (Å²) in [5.41, 5.74) is 1.81. The molecule has 0 aliphatic rings. The fraction of sp³-hybridized carbons (Fsp3) is 0.538. The molecule has 0 amide bonds. The molecule has 3 nitrogen and oxygen atoms in total. The third kappa shape index (κ3) is 3.82. The molecule has 0 radical (unpaired) electrons. The van der Waals surface area contributed by atoms with Crippen molar-refractivity contribution < 1.29 is 8.42 Å². The lowest BCUT2D eigenvalue weighted by Gasteiger charge is -2.12. The van der Waals surface area contributed by atoms with Crippen LogP contribution in [0.15, 0.2) is 23.1 Å². The summed E-state index contributed by atoms with van der Waals surface area (Å²) in [6, 6.07) is 5.78. The van der Waals surface area contributed by atoms with Gasteiger partial charge in [-0.15, -0.1) is 0 Å². The van der Waals surface area contributed by atoms with Crippen molar-refractivity contribution >= 4 is 9.84 Å². The quantitative estimate of drug-likeness (QED) is 0.876. The highest BCUT2D eigenvalue weighted by Crippen LogP contribution is 2.19. The number of benzene rings is 1. The largest absolute Gasteiger partial charge is 0.317 e. The molecular weight excluding hydrogens is 234 g/mol. The van der Waals surface area contributed by atoms with Gasteiger partial charge in [-0.25, -0.2) is 8.42 Å². The number of rotatable bonds is 5. The Morgan fingerprint density at radius 2 is 1.94 bits per heavy atom. The summed E-state index contributed by atoms with van der Waals surface area (Å²) in [6.07, 6.45) is 0.631. The van der Waals surface area contributed by atoms with Crippen LogP contribution in [0.5, 0.6) is 0 Å². The lowest BCUT2D eigenvalue weighted by molar-refractivity contribution is 0.565. The molecule has 0 fully saturated rings. The van der Waals surface area contributed by atoms with Crippen molar-refractivity contribution in [1.29, 1.82) is 0 Å². The van der Waals surface area contributed by atoms with Crippen molar-refractivity contribution in [2.75, 3.05) is 12.8 Å². The van der Waals surface area contributed by atoms with Gasteiger partial charge in [0.25, 0.3) is 0 Å². The molecule has 1 rings (SSSR count). The lowest BCUT2D eigenvalue weighted by Crippen LogP contribution is -2.24. The normalized spacial score (nSPS) is 13.6. The Bertz CT molecular complexity index is 480. The Hall–Kier alpha value is -0.870. The van der Waals surface area contributed by atoms with Crippen LogP contribution in [0.4, 0.5) is 0 Å². The van der Waals surface area contributed by atoms with Crippen LogP contribution >= 0.6 is 0 Å². The number of sulfone groups is 1. The highest BCUT2D eigenvalue weighted by atomic mass is 32.2. The van der Waals surface area contributed by atoms with Gasteiger partial charge < -0.3 is 5.32 Å². The van der Waals surface area contributed by atoms with E-state index in [0.717, 1.165) is 11.1 Å². The Labute approximate surface area is 104 Å². The highest BCUT2D eigenvalue weighted by molar-refractivity contribution is 7.91. The molecule has 96 valence electrons. The van der Waals surface area contributed by atoms with E-state index in [4.69, 9.17) is 0 Å². The van der Waals surface area contributed by atoms with Gasteiger partial charge in [-0.3, -0.25) is 0 Å². The van der Waals surface area contributed by atoms with Crippen LogP contribution in [0.2, 0.25) is 0 Å². The summed E-state index contributed by atoms with van der Waals surface area (Å²) < 4.78 is 24.4. The summed E-state index contributed by atoms with van der Waals surface area (Å²) in [6.45, 7) is 5.74. The maximum Gasteiger partial charge on any atom is 0.178 e. The molecule has 0 aromatic heterocycles. The molecule has 1 unspecified atom stereocenters. The molecule has 0 spiro atoms. The van der Waals surface area contributed by atoms with Crippen LogP contribution in [0.1, 0.15) is 24.5 Å². The average molecular weight is 255 g/mol. The van der Waals surface area contributed by atoms with Crippen molar-refractivity contribution in [3.05, 3.63) is 29.3 Å². The predicted octanol–water partition coefficient (Wildman–Crippen LogP) is 2.08. The van der Waals surface area contributed by atoms with Crippen LogP contribution < -0.4 is 5.32 Å². The number of hydrogen-bond acceptors (Lipinski definition) is 3. The first-order valence-corrected chi connectivity index (χ1v) is 7.49. The molecule has 0 bridgehead atoms. The Morgan fingerprint density at radius 3 is 2.53 bits per heavy atom. The molecule has 0 saturated heterocycles. The molecule has 17 heavy (non-hydrogen) atoms. The van der Waals surface area contributed by atoms with Crippen LogP contribution in [-0.2, 0) is 9.84 Å². The number of nitrogens with one attached hydrogen (secondary N) is 1. The van der Waals surface area contributed by atoms with E-state index in [1.54, 1.807) is 6.07 Å². The fourth-order valence-corrected chi connectivity index (χ4v) is 3.44. The number of aryl methyl sites for hydroxylation is 2. The van der Waals surface area contributed by atoms with Crippen LogP contribution in [0.3, 0.4) is 0 Å². The van der Waals surface area contributed by atoms with Gasteiger partial charge in [0.15, 0.2) is 9.84 Å². The van der Waals surface area contributed by atoms with E-state index in [2.05, 4.69) is 5.32 Å².